The monoisotopic (exact) mass is 187 g/mol. The topological polar surface area (TPSA) is 12.0 Å². The number of benzene rings is 1. The molecule has 1 aromatic carbocycles. The summed E-state index contributed by atoms with van der Waals surface area (Å²) in [4.78, 5) is 0. The molecule has 1 heterocycles. The number of hydrogen-bond donors (Lipinski definition) is 1. The van der Waals surface area contributed by atoms with Gasteiger partial charge >= 0.3 is 0 Å². The second-order valence-corrected chi connectivity index (χ2v) is 4.70. The van der Waals surface area contributed by atoms with Crippen molar-refractivity contribution in [3.05, 3.63) is 29.3 Å². The van der Waals surface area contributed by atoms with E-state index in [0.29, 0.717) is 0 Å². The van der Waals surface area contributed by atoms with Crippen LogP contribution in [0.15, 0.2) is 18.2 Å². The molecule has 1 atom stereocenters. The van der Waals surface area contributed by atoms with Gasteiger partial charge in [0.1, 0.15) is 0 Å². The lowest BCUT2D eigenvalue weighted by atomic mass is 9.86. The van der Waals surface area contributed by atoms with E-state index in [1.807, 2.05) is 0 Å². The van der Waals surface area contributed by atoms with Crippen LogP contribution in [-0.2, 0) is 0 Å². The van der Waals surface area contributed by atoms with Crippen LogP contribution in [0.5, 0.6) is 0 Å². The smallest absolute Gasteiger partial charge is 0.0405 e. The predicted octanol–water partition coefficient (Wildman–Crippen LogP) is 3.30. The van der Waals surface area contributed by atoms with Crippen molar-refractivity contribution >= 4 is 5.69 Å². The summed E-state index contributed by atoms with van der Waals surface area (Å²) in [6, 6.07) is 6.73. The molecule has 1 aliphatic carbocycles. The van der Waals surface area contributed by atoms with Gasteiger partial charge in [-0.1, -0.05) is 18.2 Å². The van der Waals surface area contributed by atoms with Gasteiger partial charge in [-0.05, 0) is 49.1 Å². The van der Waals surface area contributed by atoms with Crippen LogP contribution in [0.25, 0.3) is 0 Å². The zero-order valence-electron chi connectivity index (χ0n) is 8.72. The standard InChI is InChI=1S/C13H17N/c1-9-3-2-4-12-11(10-5-6-10)7-8-14-13(9)12/h2-4,10-11,14H,5-8H2,1H3. The maximum Gasteiger partial charge on any atom is 0.0405 e. The van der Waals surface area contributed by atoms with Crippen molar-refractivity contribution < 1.29 is 0 Å². The second-order valence-electron chi connectivity index (χ2n) is 4.70. The summed E-state index contributed by atoms with van der Waals surface area (Å²) in [6.45, 7) is 3.38. The van der Waals surface area contributed by atoms with E-state index < -0.39 is 0 Å². The van der Waals surface area contributed by atoms with E-state index in [9.17, 15) is 0 Å². The van der Waals surface area contributed by atoms with Crippen molar-refractivity contribution in [2.45, 2.75) is 32.1 Å². The third-order valence-electron chi connectivity index (χ3n) is 3.65. The van der Waals surface area contributed by atoms with Crippen LogP contribution in [0.3, 0.4) is 0 Å². The lowest BCUT2D eigenvalue weighted by Gasteiger charge is -2.28. The summed E-state index contributed by atoms with van der Waals surface area (Å²) >= 11 is 0. The third kappa shape index (κ3) is 1.23. The molecule has 14 heavy (non-hydrogen) atoms. The average Bonchev–Trinajstić information content (AvgIpc) is 3.01. The minimum Gasteiger partial charge on any atom is -0.385 e. The zero-order valence-corrected chi connectivity index (χ0v) is 8.72. The number of hydrogen-bond acceptors (Lipinski definition) is 1. The van der Waals surface area contributed by atoms with E-state index in [2.05, 4.69) is 30.4 Å². The highest BCUT2D eigenvalue weighted by molar-refractivity contribution is 5.60. The van der Waals surface area contributed by atoms with E-state index >= 15 is 0 Å². The number of anilines is 1. The van der Waals surface area contributed by atoms with Gasteiger partial charge in [-0.25, -0.2) is 0 Å². The predicted molar refractivity (Wildman–Crippen MR) is 59.8 cm³/mol. The van der Waals surface area contributed by atoms with Crippen molar-refractivity contribution in [1.29, 1.82) is 0 Å². The normalized spacial score (nSPS) is 25.4. The molecule has 3 rings (SSSR count). The molecule has 1 saturated carbocycles. The summed E-state index contributed by atoms with van der Waals surface area (Å²) in [5.74, 6) is 1.85. The van der Waals surface area contributed by atoms with Crippen LogP contribution < -0.4 is 5.32 Å². The molecule has 0 saturated heterocycles. The van der Waals surface area contributed by atoms with Gasteiger partial charge in [-0.3, -0.25) is 0 Å². The molecular formula is C13H17N. The molecule has 0 aromatic heterocycles. The Balaban J connectivity index is 2.05. The van der Waals surface area contributed by atoms with Crippen molar-refractivity contribution in [1.82, 2.24) is 0 Å². The van der Waals surface area contributed by atoms with Gasteiger partial charge in [0.25, 0.3) is 0 Å². The number of fused-ring (bicyclic) bond motifs is 1. The van der Waals surface area contributed by atoms with Gasteiger partial charge < -0.3 is 5.32 Å². The van der Waals surface area contributed by atoms with Gasteiger partial charge in [0.2, 0.25) is 0 Å². The molecule has 1 nitrogen and oxygen atoms in total. The van der Waals surface area contributed by atoms with E-state index in [1.54, 1.807) is 5.56 Å². The molecule has 1 unspecified atom stereocenters. The van der Waals surface area contributed by atoms with Crippen LogP contribution in [0.1, 0.15) is 36.3 Å². The number of aryl methyl sites for hydroxylation is 1. The first-order valence-corrected chi connectivity index (χ1v) is 5.69. The fourth-order valence-electron chi connectivity index (χ4n) is 2.74. The molecular weight excluding hydrogens is 170 g/mol. The maximum absolute atomic E-state index is 3.54. The van der Waals surface area contributed by atoms with Crippen molar-refractivity contribution in [3.8, 4) is 0 Å². The largest absolute Gasteiger partial charge is 0.385 e. The Morgan fingerprint density at radius 2 is 2.07 bits per heavy atom. The van der Waals surface area contributed by atoms with Crippen LogP contribution in [0.4, 0.5) is 5.69 Å². The molecule has 0 amide bonds. The summed E-state index contributed by atoms with van der Waals surface area (Å²) in [5.41, 5.74) is 4.42. The van der Waals surface area contributed by atoms with Crippen LogP contribution in [-0.4, -0.2) is 6.54 Å². The van der Waals surface area contributed by atoms with Crippen molar-refractivity contribution in [2.75, 3.05) is 11.9 Å². The number of rotatable bonds is 1. The van der Waals surface area contributed by atoms with Gasteiger partial charge in [0.15, 0.2) is 0 Å². The lowest BCUT2D eigenvalue weighted by molar-refractivity contribution is 0.559. The molecule has 1 heteroatoms. The summed E-state index contributed by atoms with van der Waals surface area (Å²) < 4.78 is 0. The van der Waals surface area contributed by atoms with Gasteiger partial charge in [0, 0.05) is 12.2 Å². The number of para-hydroxylation sites is 1. The third-order valence-corrected chi connectivity index (χ3v) is 3.65. The van der Waals surface area contributed by atoms with Gasteiger partial charge in [-0.15, -0.1) is 0 Å². The highest BCUT2D eigenvalue weighted by Crippen LogP contribution is 2.48. The Labute approximate surface area is 85.5 Å². The molecule has 1 aromatic rings. The van der Waals surface area contributed by atoms with Crippen LogP contribution >= 0.6 is 0 Å². The molecule has 1 fully saturated rings. The summed E-state index contributed by atoms with van der Waals surface area (Å²) in [7, 11) is 0. The van der Waals surface area contributed by atoms with Crippen molar-refractivity contribution in [2.24, 2.45) is 5.92 Å². The summed E-state index contributed by atoms with van der Waals surface area (Å²) in [5, 5.41) is 3.54. The minimum absolute atomic E-state index is 0.853. The fraction of sp³-hybridized carbons (Fsp3) is 0.538. The minimum atomic E-state index is 0.853. The fourth-order valence-corrected chi connectivity index (χ4v) is 2.74. The SMILES string of the molecule is Cc1cccc2c1NCCC2C1CC1. The molecule has 0 bridgehead atoms. The Bertz CT molecular complexity index is 352. The van der Waals surface area contributed by atoms with Crippen molar-refractivity contribution in [3.63, 3.8) is 0 Å². The maximum atomic E-state index is 3.54. The highest BCUT2D eigenvalue weighted by atomic mass is 14.9. The first-order valence-electron chi connectivity index (χ1n) is 5.69. The summed E-state index contributed by atoms with van der Waals surface area (Å²) in [6.07, 6.45) is 4.25. The highest BCUT2D eigenvalue weighted by Gasteiger charge is 2.34. The average molecular weight is 187 g/mol. The molecule has 1 N–H and O–H groups in total. The Morgan fingerprint density at radius 3 is 2.86 bits per heavy atom. The first-order chi connectivity index (χ1) is 6.86. The second kappa shape index (κ2) is 3.01. The molecule has 0 radical (unpaired) electrons. The molecule has 0 spiro atoms. The van der Waals surface area contributed by atoms with Crippen LogP contribution in [0, 0.1) is 12.8 Å². The van der Waals surface area contributed by atoms with E-state index in [4.69, 9.17) is 0 Å². The van der Waals surface area contributed by atoms with Gasteiger partial charge in [-0.2, -0.15) is 0 Å². The van der Waals surface area contributed by atoms with E-state index in [1.165, 1.54) is 37.1 Å². The lowest BCUT2D eigenvalue weighted by Crippen LogP contribution is -2.18. The van der Waals surface area contributed by atoms with Crippen LogP contribution in [0.2, 0.25) is 0 Å². The van der Waals surface area contributed by atoms with Gasteiger partial charge in [0.05, 0.1) is 0 Å². The Kier molecular flexibility index (Phi) is 1.79. The first kappa shape index (κ1) is 8.34. The quantitative estimate of drug-likeness (QED) is 0.711. The molecule has 74 valence electrons. The molecule has 1 aliphatic heterocycles. The van der Waals surface area contributed by atoms with E-state index in [-0.39, 0.29) is 0 Å². The molecule has 2 aliphatic rings. The van der Waals surface area contributed by atoms with E-state index in [0.717, 1.165) is 11.8 Å². The number of nitrogens with one attached hydrogen (secondary N) is 1. The Morgan fingerprint density at radius 1 is 1.21 bits per heavy atom. The zero-order chi connectivity index (χ0) is 9.54. The Hall–Kier alpha value is -0.980.